The van der Waals surface area contributed by atoms with Gasteiger partial charge in [-0.1, -0.05) is 6.07 Å². The summed E-state index contributed by atoms with van der Waals surface area (Å²) >= 11 is 0. The second kappa shape index (κ2) is 7.40. The van der Waals surface area contributed by atoms with Crippen LogP contribution in [0.1, 0.15) is 25.5 Å². The molecule has 2 rings (SSSR count). The normalized spacial score (nSPS) is 18.0. The van der Waals surface area contributed by atoms with Crippen LogP contribution in [-0.2, 0) is 0 Å². The maximum absolute atomic E-state index is 13.6. The first-order valence-electron chi connectivity index (χ1n) is 7.97. The minimum atomic E-state index is -4.43. The number of nitrogens with one attached hydrogen (secondary N) is 1. The summed E-state index contributed by atoms with van der Waals surface area (Å²) in [5.41, 5.74) is 0.660. The molecule has 0 amide bonds. The van der Waals surface area contributed by atoms with E-state index in [4.69, 9.17) is 0 Å². The molecule has 1 saturated heterocycles. The number of anilines is 1. The van der Waals surface area contributed by atoms with E-state index >= 15 is 0 Å². The molecule has 1 fully saturated rings. The van der Waals surface area contributed by atoms with Gasteiger partial charge in [0.1, 0.15) is 11.8 Å². The topological polar surface area (TPSA) is 38.7 Å². The maximum Gasteiger partial charge on any atom is 0.408 e. The van der Waals surface area contributed by atoms with Crippen LogP contribution in [0.15, 0.2) is 18.2 Å². The summed E-state index contributed by atoms with van der Waals surface area (Å²) < 4.78 is 40.7. The van der Waals surface area contributed by atoms with E-state index in [0.717, 1.165) is 18.8 Å². The number of aromatic hydroxyl groups is 1. The number of rotatable bonds is 5. The van der Waals surface area contributed by atoms with Gasteiger partial charge in [0.05, 0.1) is 0 Å². The Balaban J connectivity index is 2.35. The monoisotopic (exact) mass is 331 g/mol. The SMILES string of the molecule is CCN(CC)c1ccc([C@H](N2CCNCC2)C(F)(F)F)c(O)c1. The molecule has 2 N–H and O–H groups in total. The highest BCUT2D eigenvalue weighted by Gasteiger charge is 2.46. The van der Waals surface area contributed by atoms with Gasteiger partial charge in [0.25, 0.3) is 0 Å². The van der Waals surface area contributed by atoms with Crippen molar-refractivity contribution >= 4 is 5.69 Å². The number of phenols is 1. The molecule has 0 saturated carbocycles. The zero-order chi connectivity index (χ0) is 17.0. The second-order valence-electron chi connectivity index (χ2n) is 5.65. The van der Waals surface area contributed by atoms with E-state index in [9.17, 15) is 18.3 Å². The van der Waals surface area contributed by atoms with Gasteiger partial charge in [-0.3, -0.25) is 4.90 Å². The van der Waals surface area contributed by atoms with Gasteiger partial charge < -0.3 is 15.3 Å². The van der Waals surface area contributed by atoms with E-state index in [1.807, 2.05) is 18.7 Å². The highest BCUT2D eigenvalue weighted by Crippen LogP contribution is 2.42. The van der Waals surface area contributed by atoms with Gasteiger partial charge in [0.2, 0.25) is 0 Å². The summed E-state index contributed by atoms with van der Waals surface area (Å²) in [4.78, 5) is 3.36. The summed E-state index contributed by atoms with van der Waals surface area (Å²) in [6.07, 6.45) is -4.43. The third kappa shape index (κ3) is 4.09. The molecule has 1 aromatic carbocycles. The Morgan fingerprint density at radius 2 is 1.83 bits per heavy atom. The van der Waals surface area contributed by atoms with Crippen LogP contribution in [0.4, 0.5) is 18.9 Å². The Bertz CT molecular complexity index is 512. The lowest BCUT2D eigenvalue weighted by atomic mass is 10.0. The number of piperazine rings is 1. The molecule has 0 radical (unpaired) electrons. The van der Waals surface area contributed by atoms with Crippen molar-refractivity contribution in [3.05, 3.63) is 23.8 Å². The maximum atomic E-state index is 13.6. The van der Waals surface area contributed by atoms with Gasteiger partial charge in [-0.05, 0) is 19.9 Å². The average Bonchev–Trinajstić information content (AvgIpc) is 2.51. The molecule has 0 bridgehead atoms. The molecular weight excluding hydrogens is 307 g/mol. The number of halogens is 3. The molecule has 1 aliphatic heterocycles. The fourth-order valence-electron chi connectivity index (χ4n) is 3.07. The first kappa shape index (κ1) is 17.9. The van der Waals surface area contributed by atoms with Crippen molar-refractivity contribution in [2.24, 2.45) is 0 Å². The lowest BCUT2D eigenvalue weighted by molar-refractivity contribution is -0.188. The molecule has 1 heterocycles. The molecule has 0 unspecified atom stereocenters. The van der Waals surface area contributed by atoms with E-state index in [2.05, 4.69) is 5.32 Å². The highest BCUT2D eigenvalue weighted by atomic mass is 19.4. The van der Waals surface area contributed by atoms with Crippen molar-refractivity contribution in [3.8, 4) is 5.75 Å². The van der Waals surface area contributed by atoms with Crippen molar-refractivity contribution in [2.75, 3.05) is 44.2 Å². The quantitative estimate of drug-likeness (QED) is 0.870. The summed E-state index contributed by atoms with van der Waals surface area (Å²) in [5.74, 6) is -0.296. The molecule has 4 nitrogen and oxygen atoms in total. The predicted molar refractivity (Wildman–Crippen MR) is 84.9 cm³/mol. The van der Waals surface area contributed by atoms with E-state index in [0.29, 0.717) is 26.2 Å². The average molecular weight is 331 g/mol. The molecular formula is C16H24F3N3O. The predicted octanol–water partition coefficient (Wildman–Crippen LogP) is 2.75. The minimum absolute atomic E-state index is 0.0738. The Kier molecular flexibility index (Phi) is 5.75. The zero-order valence-electron chi connectivity index (χ0n) is 13.5. The number of hydrogen-bond donors (Lipinski definition) is 2. The van der Waals surface area contributed by atoms with Crippen LogP contribution in [0.25, 0.3) is 0 Å². The molecule has 1 aliphatic rings. The molecule has 1 atom stereocenters. The van der Waals surface area contributed by atoms with Crippen molar-refractivity contribution in [3.63, 3.8) is 0 Å². The Labute approximate surface area is 134 Å². The third-order valence-corrected chi connectivity index (χ3v) is 4.26. The summed E-state index contributed by atoms with van der Waals surface area (Å²) in [6.45, 7) is 7.05. The number of benzene rings is 1. The van der Waals surface area contributed by atoms with E-state index in [1.54, 1.807) is 6.07 Å². The van der Waals surface area contributed by atoms with Gasteiger partial charge in [0.15, 0.2) is 0 Å². The molecule has 23 heavy (non-hydrogen) atoms. The smallest absolute Gasteiger partial charge is 0.408 e. The van der Waals surface area contributed by atoms with Gasteiger partial charge in [-0.15, -0.1) is 0 Å². The van der Waals surface area contributed by atoms with Crippen LogP contribution in [0.5, 0.6) is 5.75 Å². The van der Waals surface area contributed by atoms with Gasteiger partial charge >= 0.3 is 6.18 Å². The fraction of sp³-hybridized carbons (Fsp3) is 0.625. The number of phenolic OH excluding ortho intramolecular Hbond substituents is 1. The van der Waals surface area contributed by atoms with Crippen LogP contribution in [-0.4, -0.2) is 55.5 Å². The number of hydrogen-bond acceptors (Lipinski definition) is 4. The zero-order valence-corrected chi connectivity index (χ0v) is 13.5. The lowest BCUT2D eigenvalue weighted by Gasteiger charge is -2.36. The summed E-state index contributed by atoms with van der Waals surface area (Å²) in [6, 6.07) is 2.73. The molecule has 130 valence electrons. The van der Waals surface area contributed by atoms with Gasteiger partial charge in [-0.2, -0.15) is 13.2 Å². The Morgan fingerprint density at radius 3 is 2.30 bits per heavy atom. The van der Waals surface area contributed by atoms with Crippen LogP contribution in [0.2, 0.25) is 0 Å². The van der Waals surface area contributed by atoms with Crippen molar-refractivity contribution in [2.45, 2.75) is 26.1 Å². The minimum Gasteiger partial charge on any atom is -0.508 e. The first-order chi connectivity index (χ1) is 10.9. The first-order valence-corrected chi connectivity index (χ1v) is 7.97. The fourth-order valence-corrected chi connectivity index (χ4v) is 3.07. The van der Waals surface area contributed by atoms with Crippen LogP contribution in [0.3, 0.4) is 0 Å². The van der Waals surface area contributed by atoms with Crippen molar-refractivity contribution < 1.29 is 18.3 Å². The molecule has 1 aromatic rings. The summed E-state index contributed by atoms with van der Waals surface area (Å²) in [7, 11) is 0. The largest absolute Gasteiger partial charge is 0.508 e. The van der Waals surface area contributed by atoms with Gasteiger partial charge in [0, 0.05) is 56.6 Å². The standard InChI is InChI=1S/C16H24F3N3O/c1-3-21(4-2)12-5-6-13(14(23)11-12)15(16(17,18)19)22-9-7-20-8-10-22/h5-6,11,15,20,23H,3-4,7-10H2,1-2H3/t15-/m0/s1. The van der Waals surface area contributed by atoms with E-state index in [1.165, 1.54) is 17.0 Å². The van der Waals surface area contributed by atoms with Gasteiger partial charge in [-0.25, -0.2) is 0 Å². The van der Waals surface area contributed by atoms with Crippen LogP contribution >= 0.6 is 0 Å². The summed E-state index contributed by atoms with van der Waals surface area (Å²) in [5, 5.41) is 13.3. The Morgan fingerprint density at radius 1 is 1.22 bits per heavy atom. The highest BCUT2D eigenvalue weighted by molar-refractivity contribution is 5.54. The second-order valence-corrected chi connectivity index (χ2v) is 5.65. The number of nitrogens with zero attached hydrogens (tertiary/aromatic N) is 2. The molecule has 7 heteroatoms. The van der Waals surface area contributed by atoms with E-state index in [-0.39, 0.29) is 11.3 Å². The van der Waals surface area contributed by atoms with Crippen LogP contribution < -0.4 is 10.2 Å². The van der Waals surface area contributed by atoms with E-state index < -0.39 is 12.2 Å². The Hall–Kier alpha value is -1.47. The molecule has 0 aliphatic carbocycles. The van der Waals surface area contributed by atoms with Crippen molar-refractivity contribution in [1.82, 2.24) is 10.2 Å². The third-order valence-electron chi connectivity index (χ3n) is 4.26. The molecule has 0 aromatic heterocycles. The van der Waals surface area contributed by atoms with Crippen LogP contribution in [0, 0.1) is 0 Å². The van der Waals surface area contributed by atoms with Crippen molar-refractivity contribution in [1.29, 1.82) is 0 Å². The number of alkyl halides is 3. The lowest BCUT2D eigenvalue weighted by Crippen LogP contribution is -2.49. The molecule has 0 spiro atoms.